The van der Waals surface area contributed by atoms with Gasteiger partial charge in [0, 0.05) is 11.3 Å². The Bertz CT molecular complexity index is 965. The molecular weight excluding hydrogens is 391 g/mol. The molecule has 3 N–H and O–H groups in total. The Morgan fingerprint density at radius 3 is 2.71 bits per heavy atom. The van der Waals surface area contributed by atoms with E-state index < -0.39 is 35.3 Å². The summed E-state index contributed by atoms with van der Waals surface area (Å²) in [7, 11) is 0. The molecule has 4 rings (SSSR count). The molecule has 2 heterocycles. The molecule has 2 bridgehead atoms. The maximum Gasteiger partial charge on any atom is 0.416 e. The number of hydrogen-bond acceptors (Lipinski definition) is 3. The zero-order valence-corrected chi connectivity index (χ0v) is 15.4. The highest BCUT2D eigenvalue weighted by atomic mass is 32.1. The Hall–Kier alpha value is -2.81. The van der Waals surface area contributed by atoms with Crippen LogP contribution in [0.3, 0.4) is 0 Å². The number of fused-ring (bicyclic) bond motifs is 4. The molecule has 28 heavy (non-hydrogen) atoms. The lowest BCUT2D eigenvalue weighted by molar-refractivity contribution is -0.138. The van der Waals surface area contributed by atoms with Crippen molar-refractivity contribution in [3.8, 4) is 5.75 Å². The van der Waals surface area contributed by atoms with Crippen molar-refractivity contribution in [3.63, 3.8) is 0 Å². The van der Waals surface area contributed by atoms with Crippen molar-refractivity contribution in [1.29, 1.82) is 0 Å². The predicted octanol–water partition coefficient (Wildman–Crippen LogP) is 3.59. The van der Waals surface area contributed by atoms with Gasteiger partial charge >= 0.3 is 6.18 Å². The van der Waals surface area contributed by atoms with Crippen molar-refractivity contribution in [2.24, 2.45) is 5.92 Å². The van der Waals surface area contributed by atoms with Crippen molar-refractivity contribution < 1.29 is 22.7 Å². The fourth-order valence-corrected chi connectivity index (χ4v) is 4.01. The summed E-state index contributed by atoms with van der Waals surface area (Å²) in [5, 5.41) is 8.98. The summed E-state index contributed by atoms with van der Waals surface area (Å²) in [6, 6.07) is 11.3. The topological polar surface area (TPSA) is 62.4 Å². The third-order valence-corrected chi connectivity index (χ3v) is 5.11. The van der Waals surface area contributed by atoms with Gasteiger partial charge in [0.2, 0.25) is 5.91 Å². The maximum atomic E-state index is 13.1. The van der Waals surface area contributed by atoms with Crippen molar-refractivity contribution in [2.75, 3.05) is 5.32 Å². The molecular formula is C19H16F3N3O2S. The second kappa shape index (κ2) is 6.37. The van der Waals surface area contributed by atoms with E-state index in [0.717, 1.165) is 17.7 Å². The van der Waals surface area contributed by atoms with Gasteiger partial charge in [-0.05, 0) is 43.4 Å². The van der Waals surface area contributed by atoms with Gasteiger partial charge in [0.25, 0.3) is 0 Å². The Labute approximate surface area is 164 Å². The molecule has 1 fully saturated rings. The van der Waals surface area contributed by atoms with E-state index in [2.05, 4.69) is 16.0 Å². The molecule has 1 saturated heterocycles. The summed E-state index contributed by atoms with van der Waals surface area (Å²) >= 11 is 5.23. The summed E-state index contributed by atoms with van der Waals surface area (Å²) < 4.78 is 44.9. The van der Waals surface area contributed by atoms with Gasteiger partial charge in [-0.2, -0.15) is 13.2 Å². The van der Waals surface area contributed by atoms with Crippen LogP contribution >= 0.6 is 12.2 Å². The summed E-state index contributed by atoms with van der Waals surface area (Å²) in [5.41, 5.74) is -1.16. The number of carbonyl (C=O) groups is 1. The average Bonchev–Trinajstić information content (AvgIpc) is 2.60. The van der Waals surface area contributed by atoms with Crippen molar-refractivity contribution in [2.45, 2.75) is 24.9 Å². The van der Waals surface area contributed by atoms with E-state index in [0.29, 0.717) is 10.9 Å². The third-order valence-electron chi connectivity index (χ3n) is 4.89. The van der Waals surface area contributed by atoms with E-state index in [1.54, 1.807) is 13.0 Å². The maximum absolute atomic E-state index is 13.1. The second-order valence-electron chi connectivity index (χ2n) is 6.87. The van der Waals surface area contributed by atoms with Gasteiger partial charge in [0.1, 0.15) is 11.7 Å². The van der Waals surface area contributed by atoms with Crippen LogP contribution in [0.1, 0.15) is 24.1 Å². The van der Waals surface area contributed by atoms with Crippen LogP contribution in [-0.4, -0.2) is 16.7 Å². The minimum absolute atomic E-state index is 0.0583. The first-order chi connectivity index (χ1) is 13.2. The minimum atomic E-state index is -4.49. The standard InChI is InChI=1S/C19H16F3N3O2S/c1-18-14(16(26)23-11-6-4-5-10(9-11)19(20,21)22)15(24-17(28)25-18)12-7-2-3-8-13(12)27-18/h2-9,14-15H,1H3,(H,23,26)(H2,24,25,28)/t14-,15-,18-/m1/s1. The fourth-order valence-electron chi connectivity index (χ4n) is 3.68. The molecule has 5 nitrogen and oxygen atoms in total. The van der Waals surface area contributed by atoms with E-state index in [1.807, 2.05) is 18.2 Å². The number of hydrogen-bond donors (Lipinski definition) is 3. The molecule has 3 atom stereocenters. The smallest absolute Gasteiger partial charge is 0.416 e. The van der Waals surface area contributed by atoms with Crippen LogP contribution in [0.2, 0.25) is 0 Å². The highest BCUT2D eigenvalue weighted by molar-refractivity contribution is 7.80. The Kier molecular flexibility index (Phi) is 4.22. The first-order valence-electron chi connectivity index (χ1n) is 8.52. The number of ether oxygens (including phenoxy) is 1. The molecule has 0 aromatic heterocycles. The lowest BCUT2D eigenvalue weighted by Crippen LogP contribution is -2.70. The largest absolute Gasteiger partial charge is 0.467 e. The molecule has 0 unspecified atom stereocenters. The number of halogens is 3. The molecule has 0 spiro atoms. The highest BCUT2D eigenvalue weighted by Crippen LogP contribution is 2.45. The summed E-state index contributed by atoms with van der Waals surface area (Å²) in [4.78, 5) is 13.1. The van der Waals surface area contributed by atoms with Crippen molar-refractivity contribution in [1.82, 2.24) is 10.6 Å². The number of benzene rings is 2. The molecule has 2 aromatic carbocycles. The predicted molar refractivity (Wildman–Crippen MR) is 101 cm³/mol. The zero-order chi connectivity index (χ0) is 20.1. The normalized spacial score (nSPS) is 25.6. The van der Waals surface area contributed by atoms with Crippen LogP contribution in [0.5, 0.6) is 5.75 Å². The third kappa shape index (κ3) is 3.15. The van der Waals surface area contributed by atoms with Gasteiger partial charge in [-0.25, -0.2) is 0 Å². The number of para-hydroxylation sites is 1. The molecule has 0 radical (unpaired) electrons. The molecule has 2 aliphatic rings. The number of alkyl halides is 3. The molecule has 146 valence electrons. The van der Waals surface area contributed by atoms with Gasteiger partial charge in [-0.15, -0.1) is 0 Å². The number of anilines is 1. The highest BCUT2D eigenvalue weighted by Gasteiger charge is 2.54. The zero-order valence-electron chi connectivity index (χ0n) is 14.6. The average molecular weight is 407 g/mol. The van der Waals surface area contributed by atoms with E-state index in [9.17, 15) is 18.0 Å². The number of nitrogens with one attached hydrogen (secondary N) is 3. The van der Waals surface area contributed by atoms with E-state index in [-0.39, 0.29) is 5.69 Å². The SMILES string of the molecule is C[C@@]12NC(=S)N[C@H](c3ccccc3O1)[C@@H]2C(=O)Nc1cccc(C(F)(F)F)c1. The lowest BCUT2D eigenvalue weighted by atomic mass is 9.80. The van der Waals surface area contributed by atoms with Crippen LogP contribution in [0.15, 0.2) is 48.5 Å². The van der Waals surface area contributed by atoms with Crippen LogP contribution in [0.4, 0.5) is 18.9 Å². The Morgan fingerprint density at radius 1 is 1.21 bits per heavy atom. The van der Waals surface area contributed by atoms with Crippen molar-refractivity contribution >= 4 is 28.9 Å². The first-order valence-corrected chi connectivity index (χ1v) is 8.93. The summed E-state index contributed by atoms with van der Waals surface area (Å²) in [6.45, 7) is 1.69. The monoisotopic (exact) mass is 407 g/mol. The van der Waals surface area contributed by atoms with E-state index in [4.69, 9.17) is 17.0 Å². The van der Waals surface area contributed by atoms with Crippen LogP contribution in [-0.2, 0) is 11.0 Å². The fraction of sp³-hybridized carbons (Fsp3) is 0.263. The molecule has 9 heteroatoms. The van der Waals surface area contributed by atoms with Crippen LogP contribution in [0.25, 0.3) is 0 Å². The molecule has 2 aliphatic heterocycles. The number of thiocarbonyl (C=S) groups is 1. The Balaban J connectivity index is 1.67. The number of carbonyl (C=O) groups excluding carboxylic acids is 1. The van der Waals surface area contributed by atoms with Gasteiger partial charge in [-0.1, -0.05) is 24.3 Å². The molecule has 1 amide bonds. The number of amides is 1. The molecule has 0 aliphatic carbocycles. The van der Waals surface area contributed by atoms with E-state index in [1.165, 1.54) is 12.1 Å². The summed E-state index contributed by atoms with van der Waals surface area (Å²) in [5.74, 6) is -0.645. The first kappa shape index (κ1) is 18.5. The van der Waals surface area contributed by atoms with Gasteiger partial charge in [0.15, 0.2) is 10.8 Å². The van der Waals surface area contributed by atoms with Gasteiger partial charge in [-0.3, -0.25) is 4.79 Å². The number of rotatable bonds is 2. The Morgan fingerprint density at radius 2 is 1.96 bits per heavy atom. The van der Waals surface area contributed by atoms with Gasteiger partial charge in [0.05, 0.1) is 11.6 Å². The second-order valence-corrected chi connectivity index (χ2v) is 7.28. The quantitative estimate of drug-likeness (QED) is 0.665. The minimum Gasteiger partial charge on any atom is -0.467 e. The van der Waals surface area contributed by atoms with E-state index >= 15 is 0 Å². The lowest BCUT2D eigenvalue weighted by Gasteiger charge is -2.50. The molecule has 0 saturated carbocycles. The molecule has 2 aromatic rings. The van der Waals surface area contributed by atoms with Crippen LogP contribution < -0.4 is 20.7 Å². The van der Waals surface area contributed by atoms with Gasteiger partial charge < -0.3 is 20.7 Å². The van der Waals surface area contributed by atoms with Crippen molar-refractivity contribution in [3.05, 3.63) is 59.7 Å². The summed E-state index contributed by atoms with van der Waals surface area (Å²) in [6.07, 6.45) is -4.49. The van der Waals surface area contributed by atoms with Crippen LogP contribution in [0, 0.1) is 5.92 Å².